The third-order valence-electron chi connectivity index (χ3n) is 5.48. The molecule has 0 N–H and O–H groups in total. The molecule has 20 heavy (non-hydrogen) atoms. The number of likely N-dealkylation sites (tertiary alicyclic amines) is 2. The van der Waals surface area contributed by atoms with Crippen LogP contribution in [0.15, 0.2) is 0 Å². The lowest BCUT2D eigenvalue weighted by atomic mass is 9.81. The Morgan fingerprint density at radius 1 is 1.15 bits per heavy atom. The predicted molar refractivity (Wildman–Crippen MR) is 77.3 cm³/mol. The van der Waals surface area contributed by atoms with Gasteiger partial charge in [0.05, 0.1) is 0 Å². The number of rotatable bonds is 3. The normalized spacial score (nSPS) is 33.1. The van der Waals surface area contributed by atoms with Crippen molar-refractivity contribution in [1.29, 1.82) is 0 Å². The van der Waals surface area contributed by atoms with Gasteiger partial charge in [-0.2, -0.15) is 0 Å². The number of hydrogen-bond donors (Lipinski definition) is 0. The van der Waals surface area contributed by atoms with Crippen LogP contribution < -0.4 is 0 Å². The third-order valence-corrected chi connectivity index (χ3v) is 5.48. The molecule has 2 heterocycles. The molecular weight excluding hydrogens is 255 g/mol. The summed E-state index contributed by atoms with van der Waals surface area (Å²) in [5, 5.41) is 0. The van der Waals surface area contributed by atoms with Crippen molar-refractivity contribution >= 4 is 5.91 Å². The van der Waals surface area contributed by atoms with E-state index in [-0.39, 0.29) is 11.4 Å². The summed E-state index contributed by atoms with van der Waals surface area (Å²) >= 11 is 0. The molecule has 0 radical (unpaired) electrons. The molecule has 1 amide bonds. The summed E-state index contributed by atoms with van der Waals surface area (Å²) in [6.45, 7) is 8.23. The molecule has 3 rings (SSSR count). The first kappa shape index (κ1) is 14.3. The van der Waals surface area contributed by atoms with Crippen molar-refractivity contribution in [2.45, 2.75) is 63.6 Å². The van der Waals surface area contributed by atoms with Crippen molar-refractivity contribution in [3.63, 3.8) is 0 Å². The molecule has 3 aliphatic rings. The Balaban J connectivity index is 1.67. The summed E-state index contributed by atoms with van der Waals surface area (Å²) < 4.78 is 14.3. The lowest BCUT2D eigenvalue weighted by molar-refractivity contribution is -0.149. The quantitative estimate of drug-likeness (QED) is 0.794. The molecule has 0 aromatic carbocycles. The van der Waals surface area contributed by atoms with E-state index in [9.17, 15) is 9.18 Å². The first-order valence-electron chi connectivity index (χ1n) is 8.19. The van der Waals surface area contributed by atoms with Crippen LogP contribution >= 0.6 is 0 Å². The third kappa shape index (κ3) is 2.26. The number of hydrogen-bond acceptors (Lipinski definition) is 2. The van der Waals surface area contributed by atoms with Crippen molar-refractivity contribution in [2.24, 2.45) is 5.92 Å². The molecule has 2 saturated heterocycles. The molecular formula is C16H27FN2O. The van der Waals surface area contributed by atoms with Crippen LogP contribution in [-0.4, -0.2) is 53.1 Å². The van der Waals surface area contributed by atoms with Crippen molar-refractivity contribution in [3.8, 4) is 0 Å². The molecule has 1 saturated carbocycles. The summed E-state index contributed by atoms with van der Waals surface area (Å²) in [4.78, 5) is 16.7. The molecule has 0 aromatic heterocycles. The molecule has 0 bridgehead atoms. The second kappa shape index (κ2) is 4.97. The van der Waals surface area contributed by atoms with Gasteiger partial charge in [0.1, 0.15) is 0 Å². The Labute approximate surface area is 121 Å². The molecule has 2 aliphatic heterocycles. The Bertz CT molecular complexity index is 394. The zero-order valence-corrected chi connectivity index (χ0v) is 12.8. The van der Waals surface area contributed by atoms with E-state index in [1.807, 2.05) is 4.90 Å². The smallest absolute Gasteiger partial charge is 0.260 e. The van der Waals surface area contributed by atoms with Gasteiger partial charge < -0.3 is 4.90 Å². The van der Waals surface area contributed by atoms with Gasteiger partial charge >= 0.3 is 0 Å². The number of halogens is 1. The minimum atomic E-state index is -1.52. The van der Waals surface area contributed by atoms with E-state index in [2.05, 4.69) is 18.7 Å². The van der Waals surface area contributed by atoms with Gasteiger partial charge in [0, 0.05) is 25.2 Å². The maximum Gasteiger partial charge on any atom is 0.260 e. The van der Waals surface area contributed by atoms with Crippen molar-refractivity contribution in [3.05, 3.63) is 0 Å². The second-order valence-electron chi connectivity index (χ2n) is 7.46. The Hall–Kier alpha value is -0.640. The zero-order valence-electron chi connectivity index (χ0n) is 12.8. The Morgan fingerprint density at radius 2 is 1.90 bits per heavy atom. The molecule has 1 aliphatic carbocycles. The SMILES string of the molecule is CC(C)CN1CCC[C@@]12CCN(C(=O)C1(F)CCC1)C2. The van der Waals surface area contributed by atoms with Gasteiger partial charge in [0.25, 0.3) is 5.91 Å². The molecule has 3 nitrogen and oxygen atoms in total. The molecule has 0 aromatic rings. The van der Waals surface area contributed by atoms with E-state index in [1.165, 1.54) is 12.8 Å². The molecule has 1 atom stereocenters. The summed E-state index contributed by atoms with van der Waals surface area (Å²) in [5.41, 5.74) is -1.37. The molecule has 4 heteroatoms. The van der Waals surface area contributed by atoms with Crippen LogP contribution in [0.5, 0.6) is 0 Å². The van der Waals surface area contributed by atoms with E-state index in [4.69, 9.17) is 0 Å². The van der Waals surface area contributed by atoms with Gasteiger partial charge in [-0.25, -0.2) is 4.39 Å². The fourth-order valence-electron chi connectivity index (χ4n) is 4.20. The van der Waals surface area contributed by atoms with E-state index in [0.29, 0.717) is 18.8 Å². The van der Waals surface area contributed by atoms with Crippen LogP contribution in [0, 0.1) is 5.92 Å². The van der Waals surface area contributed by atoms with E-state index >= 15 is 0 Å². The van der Waals surface area contributed by atoms with E-state index in [0.717, 1.165) is 39.0 Å². The minimum Gasteiger partial charge on any atom is -0.338 e. The first-order valence-corrected chi connectivity index (χ1v) is 8.19. The fraction of sp³-hybridized carbons (Fsp3) is 0.938. The summed E-state index contributed by atoms with van der Waals surface area (Å²) in [6.07, 6.45) is 5.15. The molecule has 114 valence electrons. The summed E-state index contributed by atoms with van der Waals surface area (Å²) in [7, 11) is 0. The summed E-state index contributed by atoms with van der Waals surface area (Å²) in [6, 6.07) is 0. The Morgan fingerprint density at radius 3 is 2.50 bits per heavy atom. The van der Waals surface area contributed by atoms with Crippen LogP contribution in [0.4, 0.5) is 4.39 Å². The first-order chi connectivity index (χ1) is 9.45. The molecule has 0 unspecified atom stereocenters. The van der Waals surface area contributed by atoms with Crippen molar-refractivity contribution in [2.75, 3.05) is 26.2 Å². The van der Waals surface area contributed by atoms with Gasteiger partial charge in [-0.05, 0) is 51.0 Å². The standard InChI is InChI=1S/C16H27FN2O/c1-13(2)11-19-9-4-5-15(19)8-10-18(12-15)14(20)16(17)6-3-7-16/h13H,3-12H2,1-2H3/t15-/m0/s1. The van der Waals surface area contributed by atoms with Crippen LogP contribution in [0.1, 0.15) is 52.4 Å². The van der Waals surface area contributed by atoms with Crippen LogP contribution in [0.2, 0.25) is 0 Å². The van der Waals surface area contributed by atoms with Gasteiger partial charge in [-0.15, -0.1) is 0 Å². The largest absolute Gasteiger partial charge is 0.338 e. The maximum atomic E-state index is 14.3. The number of alkyl halides is 1. The fourth-order valence-corrected chi connectivity index (χ4v) is 4.20. The average molecular weight is 282 g/mol. The number of carbonyl (C=O) groups excluding carboxylic acids is 1. The number of nitrogens with zero attached hydrogens (tertiary/aromatic N) is 2. The van der Waals surface area contributed by atoms with Gasteiger partial charge in [-0.3, -0.25) is 9.69 Å². The molecule has 3 fully saturated rings. The molecule has 1 spiro atoms. The maximum absolute atomic E-state index is 14.3. The highest BCUT2D eigenvalue weighted by atomic mass is 19.1. The van der Waals surface area contributed by atoms with Crippen LogP contribution in [0.25, 0.3) is 0 Å². The highest BCUT2D eigenvalue weighted by Crippen LogP contribution is 2.42. The van der Waals surface area contributed by atoms with Gasteiger partial charge in [-0.1, -0.05) is 13.8 Å². The van der Waals surface area contributed by atoms with Crippen molar-refractivity contribution in [1.82, 2.24) is 9.80 Å². The van der Waals surface area contributed by atoms with E-state index in [1.54, 1.807) is 0 Å². The minimum absolute atomic E-state index is 0.153. The highest BCUT2D eigenvalue weighted by molar-refractivity contribution is 5.86. The lowest BCUT2D eigenvalue weighted by Gasteiger charge is -2.38. The monoisotopic (exact) mass is 282 g/mol. The van der Waals surface area contributed by atoms with Gasteiger partial charge in [0.2, 0.25) is 0 Å². The summed E-state index contributed by atoms with van der Waals surface area (Å²) in [5.74, 6) is 0.422. The highest BCUT2D eigenvalue weighted by Gasteiger charge is 2.52. The average Bonchev–Trinajstić information content (AvgIpc) is 2.94. The number of carbonyl (C=O) groups is 1. The lowest BCUT2D eigenvalue weighted by Crippen LogP contribution is -2.52. The topological polar surface area (TPSA) is 23.6 Å². The number of amides is 1. The predicted octanol–water partition coefficient (Wildman–Crippen LogP) is 2.60. The van der Waals surface area contributed by atoms with E-state index < -0.39 is 5.67 Å². The van der Waals surface area contributed by atoms with Crippen LogP contribution in [0.3, 0.4) is 0 Å². The van der Waals surface area contributed by atoms with Crippen LogP contribution in [-0.2, 0) is 4.79 Å². The van der Waals surface area contributed by atoms with Gasteiger partial charge in [0.15, 0.2) is 5.67 Å². The van der Waals surface area contributed by atoms with Crippen molar-refractivity contribution < 1.29 is 9.18 Å². The second-order valence-corrected chi connectivity index (χ2v) is 7.46. The zero-order chi connectivity index (χ0) is 14.4. The Kier molecular flexibility index (Phi) is 3.56.